The van der Waals surface area contributed by atoms with E-state index >= 15 is 0 Å². The van der Waals surface area contributed by atoms with Gasteiger partial charge in [-0.15, -0.1) is 11.3 Å². The highest BCUT2D eigenvalue weighted by molar-refractivity contribution is 7.14. The second kappa shape index (κ2) is 6.72. The molecule has 4 rings (SSSR count). The van der Waals surface area contributed by atoms with E-state index in [1.165, 1.54) is 16.2 Å². The zero-order valence-electron chi connectivity index (χ0n) is 14.2. The number of carbonyl (C=O) groups excluding carboxylic acids is 2. The summed E-state index contributed by atoms with van der Waals surface area (Å²) in [5, 5.41) is 9.65. The van der Waals surface area contributed by atoms with E-state index in [2.05, 4.69) is 20.5 Å². The lowest BCUT2D eigenvalue weighted by Crippen LogP contribution is -2.35. The lowest BCUT2D eigenvalue weighted by molar-refractivity contribution is 0.0730. The number of aromatic amines is 1. The van der Waals surface area contributed by atoms with Gasteiger partial charge in [-0.3, -0.25) is 19.7 Å². The highest BCUT2D eigenvalue weighted by Gasteiger charge is 2.26. The fraction of sp³-hybridized carbons (Fsp3) is 0.222. The standard InChI is InChI=1S/C18H17N5O2S/c1-19-17(24)16-8-11-10-23(7-5-15(11)26-16)18(25)14-9-13(21-22-14)12-4-2-3-6-20-12/h2-4,6,8-9H,5,7,10H2,1H3,(H,19,24)(H,21,22). The molecule has 0 spiro atoms. The van der Waals surface area contributed by atoms with Crippen molar-refractivity contribution in [1.29, 1.82) is 0 Å². The molecule has 0 atom stereocenters. The SMILES string of the molecule is CNC(=O)c1cc2c(s1)CCN(C(=O)c1cc(-c3ccccn3)n[nH]1)C2. The first-order valence-electron chi connectivity index (χ1n) is 8.25. The van der Waals surface area contributed by atoms with E-state index in [-0.39, 0.29) is 11.8 Å². The molecule has 0 aromatic carbocycles. The molecular weight excluding hydrogens is 350 g/mol. The Morgan fingerprint density at radius 1 is 1.27 bits per heavy atom. The summed E-state index contributed by atoms with van der Waals surface area (Å²) in [5.74, 6) is -0.186. The number of aromatic nitrogens is 3. The molecule has 0 fully saturated rings. The highest BCUT2D eigenvalue weighted by Crippen LogP contribution is 2.29. The summed E-state index contributed by atoms with van der Waals surface area (Å²) >= 11 is 1.50. The van der Waals surface area contributed by atoms with Gasteiger partial charge in [0.1, 0.15) is 11.4 Å². The second-order valence-corrected chi connectivity index (χ2v) is 7.13. The normalized spacial score (nSPS) is 13.3. The number of fused-ring (bicyclic) bond motifs is 1. The molecule has 3 aromatic rings. The molecule has 0 saturated carbocycles. The van der Waals surface area contributed by atoms with Crippen molar-refractivity contribution in [3.8, 4) is 11.4 Å². The number of carbonyl (C=O) groups is 2. The predicted octanol–water partition coefficient (Wildman–Crippen LogP) is 2.09. The van der Waals surface area contributed by atoms with Crippen molar-refractivity contribution in [1.82, 2.24) is 25.4 Å². The van der Waals surface area contributed by atoms with E-state index in [1.54, 1.807) is 24.2 Å². The Kier molecular flexibility index (Phi) is 4.26. The summed E-state index contributed by atoms with van der Waals surface area (Å²) in [6.45, 7) is 1.12. The molecule has 7 nitrogen and oxygen atoms in total. The Bertz CT molecular complexity index is 963. The van der Waals surface area contributed by atoms with Gasteiger partial charge in [0, 0.05) is 31.2 Å². The summed E-state index contributed by atoms with van der Waals surface area (Å²) in [7, 11) is 1.62. The molecule has 0 radical (unpaired) electrons. The summed E-state index contributed by atoms with van der Waals surface area (Å²) in [4.78, 5) is 32.5. The molecule has 8 heteroatoms. The molecule has 1 aliphatic heterocycles. The first-order chi connectivity index (χ1) is 12.7. The number of pyridine rings is 1. The fourth-order valence-corrected chi connectivity index (χ4v) is 4.10. The van der Waals surface area contributed by atoms with Crippen molar-refractivity contribution in [3.05, 3.63) is 57.5 Å². The molecule has 2 N–H and O–H groups in total. The summed E-state index contributed by atoms with van der Waals surface area (Å²) in [5.41, 5.74) is 2.84. The maximum absolute atomic E-state index is 12.8. The van der Waals surface area contributed by atoms with Crippen LogP contribution in [0, 0.1) is 0 Å². The van der Waals surface area contributed by atoms with Crippen molar-refractivity contribution < 1.29 is 9.59 Å². The van der Waals surface area contributed by atoms with Crippen LogP contribution in [0.2, 0.25) is 0 Å². The van der Waals surface area contributed by atoms with Crippen LogP contribution in [0.3, 0.4) is 0 Å². The topological polar surface area (TPSA) is 91.0 Å². The average Bonchev–Trinajstić information content (AvgIpc) is 3.34. The Balaban J connectivity index is 1.52. The van der Waals surface area contributed by atoms with Crippen LogP contribution in [-0.2, 0) is 13.0 Å². The van der Waals surface area contributed by atoms with E-state index in [0.717, 1.165) is 17.7 Å². The quantitative estimate of drug-likeness (QED) is 0.742. The van der Waals surface area contributed by atoms with E-state index < -0.39 is 0 Å². The molecule has 1 aliphatic rings. The predicted molar refractivity (Wildman–Crippen MR) is 98.0 cm³/mol. The van der Waals surface area contributed by atoms with Gasteiger partial charge < -0.3 is 10.2 Å². The van der Waals surface area contributed by atoms with Gasteiger partial charge in [0.05, 0.1) is 10.6 Å². The minimum Gasteiger partial charge on any atom is -0.354 e. The minimum atomic E-state index is -0.0991. The Morgan fingerprint density at radius 2 is 2.15 bits per heavy atom. The van der Waals surface area contributed by atoms with Crippen LogP contribution >= 0.6 is 11.3 Å². The van der Waals surface area contributed by atoms with E-state index in [0.29, 0.717) is 29.4 Å². The van der Waals surface area contributed by atoms with Gasteiger partial charge in [-0.25, -0.2) is 0 Å². The van der Waals surface area contributed by atoms with Crippen molar-refractivity contribution in [2.24, 2.45) is 0 Å². The van der Waals surface area contributed by atoms with Crippen LogP contribution in [0.25, 0.3) is 11.4 Å². The Morgan fingerprint density at radius 3 is 2.92 bits per heavy atom. The monoisotopic (exact) mass is 367 g/mol. The summed E-state index contributed by atoms with van der Waals surface area (Å²) < 4.78 is 0. The number of nitrogens with one attached hydrogen (secondary N) is 2. The smallest absolute Gasteiger partial charge is 0.272 e. The van der Waals surface area contributed by atoms with E-state index in [4.69, 9.17) is 0 Å². The minimum absolute atomic E-state index is 0.0872. The maximum Gasteiger partial charge on any atom is 0.272 e. The molecule has 3 aromatic heterocycles. The number of H-pyrrole nitrogens is 1. The maximum atomic E-state index is 12.8. The van der Waals surface area contributed by atoms with Gasteiger partial charge in [-0.1, -0.05) is 6.07 Å². The van der Waals surface area contributed by atoms with Gasteiger partial charge >= 0.3 is 0 Å². The number of rotatable bonds is 3. The van der Waals surface area contributed by atoms with Crippen LogP contribution in [0.1, 0.15) is 30.6 Å². The van der Waals surface area contributed by atoms with Gasteiger partial charge in [0.2, 0.25) is 0 Å². The molecule has 4 heterocycles. The summed E-state index contributed by atoms with van der Waals surface area (Å²) in [6, 6.07) is 9.17. The average molecular weight is 367 g/mol. The third-order valence-electron chi connectivity index (χ3n) is 4.34. The van der Waals surface area contributed by atoms with Crippen LogP contribution < -0.4 is 5.32 Å². The first-order valence-corrected chi connectivity index (χ1v) is 9.07. The van der Waals surface area contributed by atoms with Crippen LogP contribution in [0.5, 0.6) is 0 Å². The molecule has 132 valence electrons. The van der Waals surface area contributed by atoms with Crippen LogP contribution in [0.4, 0.5) is 0 Å². The highest BCUT2D eigenvalue weighted by atomic mass is 32.1. The zero-order valence-corrected chi connectivity index (χ0v) is 15.0. The molecule has 26 heavy (non-hydrogen) atoms. The molecule has 2 amide bonds. The van der Waals surface area contributed by atoms with Crippen molar-refractivity contribution in [2.75, 3.05) is 13.6 Å². The van der Waals surface area contributed by atoms with Gasteiger partial charge in [0.15, 0.2) is 0 Å². The first kappa shape index (κ1) is 16.5. The number of thiophene rings is 1. The molecule has 0 saturated heterocycles. The molecule has 0 bridgehead atoms. The van der Waals surface area contributed by atoms with Gasteiger partial charge in [-0.05, 0) is 36.2 Å². The van der Waals surface area contributed by atoms with Gasteiger partial charge in [0.25, 0.3) is 11.8 Å². The number of hydrogen-bond acceptors (Lipinski definition) is 5. The zero-order chi connectivity index (χ0) is 18.1. The molecule has 0 aliphatic carbocycles. The van der Waals surface area contributed by atoms with Crippen molar-refractivity contribution in [2.45, 2.75) is 13.0 Å². The van der Waals surface area contributed by atoms with E-state index in [9.17, 15) is 9.59 Å². The Hall–Kier alpha value is -3.00. The van der Waals surface area contributed by atoms with Gasteiger partial charge in [-0.2, -0.15) is 5.10 Å². The second-order valence-electron chi connectivity index (χ2n) is 6.00. The Labute approximate surface area is 154 Å². The summed E-state index contributed by atoms with van der Waals surface area (Å²) in [6.07, 6.45) is 2.45. The van der Waals surface area contributed by atoms with Crippen molar-refractivity contribution >= 4 is 23.2 Å². The lowest BCUT2D eigenvalue weighted by atomic mass is 10.1. The van der Waals surface area contributed by atoms with E-state index in [1.807, 2.05) is 24.3 Å². The number of hydrogen-bond donors (Lipinski definition) is 2. The number of nitrogens with zero attached hydrogens (tertiary/aromatic N) is 3. The third kappa shape index (κ3) is 2.99. The lowest BCUT2D eigenvalue weighted by Gasteiger charge is -2.26. The largest absolute Gasteiger partial charge is 0.354 e. The van der Waals surface area contributed by atoms with Crippen LogP contribution in [0.15, 0.2) is 36.5 Å². The molecule has 0 unspecified atom stereocenters. The van der Waals surface area contributed by atoms with Crippen LogP contribution in [-0.4, -0.2) is 45.5 Å². The fourth-order valence-electron chi connectivity index (χ4n) is 2.99. The molecular formula is C18H17N5O2S. The number of amides is 2. The third-order valence-corrected chi connectivity index (χ3v) is 5.58. The van der Waals surface area contributed by atoms with Crippen molar-refractivity contribution in [3.63, 3.8) is 0 Å².